The molecule has 2 aromatic carbocycles. The van der Waals surface area contributed by atoms with Gasteiger partial charge in [-0.2, -0.15) is 0 Å². The van der Waals surface area contributed by atoms with Crippen LogP contribution in [0.1, 0.15) is 31.0 Å². The third kappa shape index (κ3) is 4.99. The van der Waals surface area contributed by atoms with Crippen molar-refractivity contribution in [3.63, 3.8) is 0 Å². The van der Waals surface area contributed by atoms with Gasteiger partial charge in [0.15, 0.2) is 0 Å². The second-order valence-corrected chi connectivity index (χ2v) is 9.94. The summed E-state index contributed by atoms with van der Waals surface area (Å²) in [6.45, 7) is 4.32. The number of hydrogen-bond acceptors (Lipinski definition) is 5. The second kappa shape index (κ2) is 10.5. The minimum atomic E-state index is -1.18. The highest BCUT2D eigenvalue weighted by Crippen LogP contribution is 2.40. The molecule has 0 bridgehead atoms. The average Bonchev–Trinajstić information content (AvgIpc) is 3.17. The molecule has 5 rings (SSSR count). The van der Waals surface area contributed by atoms with E-state index in [2.05, 4.69) is 22.0 Å². The summed E-state index contributed by atoms with van der Waals surface area (Å²) >= 11 is 0. The number of pyridine rings is 1. The van der Waals surface area contributed by atoms with Gasteiger partial charge in [0.1, 0.15) is 0 Å². The number of imide groups is 1. The molecule has 0 unspecified atom stereocenters. The Bertz CT molecular complexity index is 1250. The largest absolute Gasteiger partial charge is 0.368 e. The third-order valence-corrected chi connectivity index (χ3v) is 7.57. The van der Waals surface area contributed by atoms with Crippen molar-refractivity contribution in [3.05, 3.63) is 96.3 Å². The Balaban J connectivity index is 1.35. The fourth-order valence-corrected chi connectivity index (χ4v) is 5.58. The van der Waals surface area contributed by atoms with Gasteiger partial charge in [0.25, 0.3) is 0 Å². The zero-order valence-electron chi connectivity index (χ0n) is 21.1. The van der Waals surface area contributed by atoms with Crippen LogP contribution < -0.4 is 4.90 Å². The molecule has 3 heterocycles. The Morgan fingerprint density at radius 1 is 0.946 bits per heavy atom. The van der Waals surface area contributed by atoms with Crippen LogP contribution in [0, 0.1) is 0 Å². The van der Waals surface area contributed by atoms with Crippen LogP contribution in [0.4, 0.5) is 5.69 Å². The molecule has 3 aromatic rings. The Kier molecular flexibility index (Phi) is 7.04. The fraction of sp³-hybridized carbons (Fsp3) is 0.333. The van der Waals surface area contributed by atoms with E-state index in [1.165, 1.54) is 4.90 Å². The summed E-state index contributed by atoms with van der Waals surface area (Å²) in [5.74, 6) is -0.611. The first-order valence-electron chi connectivity index (χ1n) is 12.9. The van der Waals surface area contributed by atoms with Crippen molar-refractivity contribution in [2.24, 2.45) is 0 Å². The van der Waals surface area contributed by atoms with E-state index in [4.69, 9.17) is 0 Å². The quantitative estimate of drug-likeness (QED) is 0.469. The van der Waals surface area contributed by atoms with E-state index >= 15 is 0 Å². The summed E-state index contributed by atoms with van der Waals surface area (Å²) in [6.07, 6.45) is 2.17. The Morgan fingerprint density at radius 3 is 2.32 bits per heavy atom. The molecular formula is C30H32N4O3. The van der Waals surface area contributed by atoms with E-state index in [0.29, 0.717) is 13.0 Å². The highest BCUT2D eigenvalue weighted by Gasteiger charge is 2.54. The van der Waals surface area contributed by atoms with Crippen molar-refractivity contribution in [2.75, 3.05) is 31.1 Å². The molecule has 0 N–H and O–H groups in total. The highest BCUT2D eigenvalue weighted by molar-refractivity contribution is 6.10. The lowest BCUT2D eigenvalue weighted by atomic mass is 9.75. The summed E-state index contributed by atoms with van der Waals surface area (Å²) in [6, 6.07) is 25.1. The van der Waals surface area contributed by atoms with Gasteiger partial charge in [0.2, 0.25) is 17.7 Å². The molecule has 7 nitrogen and oxygen atoms in total. The van der Waals surface area contributed by atoms with Crippen LogP contribution in [0.3, 0.4) is 0 Å². The van der Waals surface area contributed by atoms with Gasteiger partial charge in [-0.25, -0.2) is 0 Å². The van der Waals surface area contributed by atoms with E-state index < -0.39 is 5.41 Å². The van der Waals surface area contributed by atoms with Crippen molar-refractivity contribution < 1.29 is 14.4 Å². The first-order valence-corrected chi connectivity index (χ1v) is 12.9. The molecule has 2 aliphatic heterocycles. The predicted octanol–water partition coefficient (Wildman–Crippen LogP) is 3.45. The molecule has 190 valence electrons. The number of carbonyl (C=O) groups is 3. The van der Waals surface area contributed by atoms with Crippen LogP contribution in [-0.4, -0.2) is 64.7 Å². The minimum absolute atomic E-state index is 0.00215. The predicted molar refractivity (Wildman–Crippen MR) is 142 cm³/mol. The number of benzene rings is 2. The lowest BCUT2D eigenvalue weighted by molar-refractivity contribution is -0.143. The van der Waals surface area contributed by atoms with Crippen LogP contribution >= 0.6 is 0 Å². The molecule has 3 amide bonds. The molecule has 2 saturated heterocycles. The lowest BCUT2D eigenvalue weighted by Gasteiger charge is -2.42. The van der Waals surface area contributed by atoms with Crippen LogP contribution in [0.15, 0.2) is 85.1 Å². The van der Waals surface area contributed by atoms with Crippen LogP contribution in [0.5, 0.6) is 0 Å². The van der Waals surface area contributed by atoms with Crippen LogP contribution in [0.2, 0.25) is 0 Å². The molecule has 1 aromatic heterocycles. The summed E-state index contributed by atoms with van der Waals surface area (Å²) in [7, 11) is 0. The van der Waals surface area contributed by atoms with Gasteiger partial charge in [-0.15, -0.1) is 0 Å². The molecule has 0 radical (unpaired) electrons. The summed E-state index contributed by atoms with van der Waals surface area (Å²) in [5, 5.41) is 0. The van der Waals surface area contributed by atoms with Crippen LogP contribution in [-0.2, 0) is 26.2 Å². The van der Waals surface area contributed by atoms with Crippen molar-refractivity contribution in [1.29, 1.82) is 0 Å². The first-order chi connectivity index (χ1) is 18.0. The molecular weight excluding hydrogens is 464 g/mol. The summed E-state index contributed by atoms with van der Waals surface area (Å²) in [4.78, 5) is 50.6. The van der Waals surface area contributed by atoms with Crippen molar-refractivity contribution in [1.82, 2.24) is 14.8 Å². The van der Waals surface area contributed by atoms with Crippen molar-refractivity contribution in [3.8, 4) is 0 Å². The van der Waals surface area contributed by atoms with Gasteiger partial charge in [0, 0.05) is 69.1 Å². The average molecular weight is 497 g/mol. The molecule has 2 fully saturated rings. The number of para-hydroxylation sites is 1. The fourth-order valence-electron chi connectivity index (χ4n) is 5.58. The number of anilines is 1. The summed E-state index contributed by atoms with van der Waals surface area (Å²) in [5.41, 5.74) is 1.50. The molecule has 37 heavy (non-hydrogen) atoms. The highest BCUT2D eigenvalue weighted by atomic mass is 16.2. The zero-order valence-corrected chi connectivity index (χ0v) is 21.1. The van der Waals surface area contributed by atoms with Gasteiger partial charge in [-0.1, -0.05) is 54.6 Å². The number of aromatic nitrogens is 1. The second-order valence-electron chi connectivity index (χ2n) is 9.94. The molecule has 0 saturated carbocycles. The molecule has 2 atom stereocenters. The molecule has 2 aliphatic rings. The number of piperazine rings is 1. The maximum atomic E-state index is 13.9. The van der Waals surface area contributed by atoms with E-state index in [-0.39, 0.29) is 43.1 Å². The number of likely N-dealkylation sites (tertiary alicyclic amines) is 1. The monoisotopic (exact) mass is 496 g/mol. The maximum absolute atomic E-state index is 13.9. The molecule has 7 heteroatoms. The van der Waals surface area contributed by atoms with Gasteiger partial charge < -0.3 is 9.80 Å². The lowest BCUT2D eigenvalue weighted by Crippen LogP contribution is -2.55. The standard InChI is InChI=1S/C30H32N4O3/c1-23-22-32(26-13-6-3-7-14-26)18-19-33(23)27(35)20-30(24-10-4-2-5-11-24)21-28(36)34(29(30)37)17-15-25-12-8-9-16-31-25/h2-14,16,23H,15,17-22H2,1H3/t23-,30+/m1/s1. The van der Waals surface area contributed by atoms with Gasteiger partial charge in [-0.05, 0) is 36.8 Å². The van der Waals surface area contributed by atoms with E-state index in [1.54, 1.807) is 6.20 Å². The Hall–Kier alpha value is -4.00. The smallest absolute Gasteiger partial charge is 0.240 e. The normalized spacial score (nSPS) is 22.0. The number of carbonyl (C=O) groups excluding carboxylic acids is 3. The van der Waals surface area contributed by atoms with Gasteiger partial charge >= 0.3 is 0 Å². The zero-order chi connectivity index (χ0) is 25.8. The Labute approximate surface area is 217 Å². The van der Waals surface area contributed by atoms with Crippen molar-refractivity contribution in [2.45, 2.75) is 37.6 Å². The topological polar surface area (TPSA) is 73.8 Å². The number of rotatable bonds is 7. The number of hydrogen-bond donors (Lipinski definition) is 0. The van der Waals surface area contributed by atoms with E-state index in [9.17, 15) is 14.4 Å². The summed E-state index contributed by atoms with van der Waals surface area (Å²) < 4.78 is 0. The van der Waals surface area contributed by atoms with Gasteiger partial charge in [0.05, 0.1) is 5.41 Å². The van der Waals surface area contributed by atoms with Crippen molar-refractivity contribution >= 4 is 23.4 Å². The molecule has 0 spiro atoms. The minimum Gasteiger partial charge on any atom is -0.368 e. The number of nitrogens with zero attached hydrogens (tertiary/aromatic N) is 4. The third-order valence-electron chi connectivity index (χ3n) is 7.57. The Morgan fingerprint density at radius 2 is 1.65 bits per heavy atom. The SMILES string of the molecule is C[C@@H]1CN(c2ccccc2)CCN1C(=O)C[C@@]1(c2ccccc2)CC(=O)N(CCc2ccccn2)C1=O. The maximum Gasteiger partial charge on any atom is 0.240 e. The van der Waals surface area contributed by atoms with E-state index in [1.807, 2.05) is 78.6 Å². The number of amides is 3. The molecule has 0 aliphatic carbocycles. The van der Waals surface area contributed by atoms with Crippen LogP contribution in [0.25, 0.3) is 0 Å². The first kappa shape index (κ1) is 24.7. The van der Waals surface area contributed by atoms with E-state index in [0.717, 1.165) is 30.0 Å². The van der Waals surface area contributed by atoms with Gasteiger partial charge in [-0.3, -0.25) is 24.3 Å².